The van der Waals surface area contributed by atoms with E-state index < -0.39 is 6.04 Å². The zero-order valence-corrected chi connectivity index (χ0v) is 30.1. The number of aryl methyl sites for hydroxylation is 2. The third-order valence-corrected chi connectivity index (χ3v) is 8.65. The number of hydrogen-bond donors (Lipinski definition) is 4. The predicted octanol–water partition coefficient (Wildman–Crippen LogP) is 6.26. The molecule has 0 heterocycles. The van der Waals surface area contributed by atoms with Crippen LogP contribution >= 0.6 is 15.9 Å². The molecule has 0 aliphatic heterocycles. The Hall–Kier alpha value is -2.46. The molecule has 0 bridgehead atoms. The fraction of sp³-hybridized carbons (Fsp3) is 0.706. The second kappa shape index (κ2) is 19.1. The quantitative estimate of drug-likeness (QED) is 0.121. The summed E-state index contributed by atoms with van der Waals surface area (Å²) < 4.78 is 6.97. The van der Waals surface area contributed by atoms with Gasteiger partial charge in [-0.15, -0.1) is 0 Å². The molecule has 9 nitrogen and oxygen atoms in total. The highest BCUT2D eigenvalue weighted by Crippen LogP contribution is 2.31. The number of amides is 4. The van der Waals surface area contributed by atoms with Gasteiger partial charge in [0, 0.05) is 53.3 Å². The third-order valence-electron chi connectivity index (χ3n) is 7.43. The number of carbonyl (C=O) groups excluding carboxylic acids is 4. The van der Waals surface area contributed by atoms with Crippen molar-refractivity contribution in [3.05, 3.63) is 27.2 Å². The molecular formula is C34H57BrN4O5. The largest absolute Gasteiger partial charge is 0.380 e. The molecule has 0 fully saturated rings. The van der Waals surface area contributed by atoms with Crippen LogP contribution in [0.1, 0.15) is 110 Å². The molecule has 4 amide bonds. The first-order valence-corrected chi connectivity index (χ1v) is 16.8. The van der Waals surface area contributed by atoms with Crippen molar-refractivity contribution in [3.8, 4) is 0 Å². The van der Waals surface area contributed by atoms with E-state index in [4.69, 9.17) is 4.74 Å². The van der Waals surface area contributed by atoms with Gasteiger partial charge in [0.2, 0.25) is 23.6 Å². The maximum Gasteiger partial charge on any atom is 0.242 e. The van der Waals surface area contributed by atoms with E-state index in [0.717, 1.165) is 46.1 Å². The number of anilines is 1. The summed E-state index contributed by atoms with van der Waals surface area (Å²) in [4.78, 5) is 50.6. The lowest BCUT2D eigenvalue weighted by atomic mass is 9.92. The predicted molar refractivity (Wildman–Crippen MR) is 182 cm³/mol. The Morgan fingerprint density at radius 1 is 0.795 bits per heavy atom. The van der Waals surface area contributed by atoms with Gasteiger partial charge in [-0.2, -0.15) is 0 Å². The first-order valence-electron chi connectivity index (χ1n) is 16.0. The van der Waals surface area contributed by atoms with Crippen molar-refractivity contribution in [2.24, 2.45) is 10.8 Å². The van der Waals surface area contributed by atoms with E-state index in [0.29, 0.717) is 45.6 Å². The normalized spacial score (nSPS) is 12.4. The lowest BCUT2D eigenvalue weighted by Crippen LogP contribution is -2.49. The first kappa shape index (κ1) is 39.6. The molecule has 10 heteroatoms. The van der Waals surface area contributed by atoms with Crippen molar-refractivity contribution in [1.82, 2.24) is 16.0 Å². The fourth-order valence-electron chi connectivity index (χ4n) is 4.71. The van der Waals surface area contributed by atoms with Gasteiger partial charge < -0.3 is 26.0 Å². The van der Waals surface area contributed by atoms with Gasteiger partial charge in [0.1, 0.15) is 6.04 Å². The van der Waals surface area contributed by atoms with Gasteiger partial charge in [0.05, 0.1) is 13.2 Å². The highest BCUT2D eigenvalue weighted by Gasteiger charge is 2.27. The number of hydrogen-bond acceptors (Lipinski definition) is 5. The molecule has 1 aromatic carbocycles. The van der Waals surface area contributed by atoms with E-state index in [1.165, 1.54) is 0 Å². The van der Waals surface area contributed by atoms with Crippen LogP contribution in [0.5, 0.6) is 0 Å². The molecule has 0 aliphatic rings. The molecule has 4 N–H and O–H groups in total. The van der Waals surface area contributed by atoms with E-state index in [2.05, 4.69) is 44.1 Å². The summed E-state index contributed by atoms with van der Waals surface area (Å²) in [5, 5.41) is 11.8. The number of carbonyl (C=O) groups is 4. The molecule has 0 aliphatic carbocycles. The van der Waals surface area contributed by atoms with Gasteiger partial charge >= 0.3 is 0 Å². The van der Waals surface area contributed by atoms with Crippen LogP contribution in [0.15, 0.2) is 10.5 Å². The van der Waals surface area contributed by atoms with Crippen molar-refractivity contribution in [3.63, 3.8) is 0 Å². The van der Waals surface area contributed by atoms with Crippen molar-refractivity contribution in [2.75, 3.05) is 31.6 Å². The van der Waals surface area contributed by atoms with Crippen LogP contribution in [0.4, 0.5) is 5.69 Å². The molecule has 1 atom stereocenters. The van der Waals surface area contributed by atoms with Gasteiger partial charge in [0.15, 0.2) is 0 Å². The molecule has 0 spiro atoms. The van der Waals surface area contributed by atoms with Crippen molar-refractivity contribution < 1.29 is 23.9 Å². The molecule has 1 rings (SSSR count). The molecule has 0 saturated carbocycles. The molecule has 0 radical (unpaired) electrons. The van der Waals surface area contributed by atoms with Crippen LogP contribution < -0.4 is 21.3 Å². The van der Waals surface area contributed by atoms with Crippen molar-refractivity contribution >= 4 is 45.2 Å². The fourth-order valence-corrected chi connectivity index (χ4v) is 5.02. The molecule has 250 valence electrons. The number of rotatable bonds is 20. The minimum Gasteiger partial charge on any atom is -0.380 e. The highest BCUT2D eigenvalue weighted by molar-refractivity contribution is 9.10. The van der Waals surface area contributed by atoms with Crippen LogP contribution in [0, 0.1) is 31.6 Å². The highest BCUT2D eigenvalue weighted by atomic mass is 79.9. The Bertz CT molecular complexity index is 1120. The maximum atomic E-state index is 13.2. The minimum absolute atomic E-state index is 0.0704. The zero-order chi connectivity index (χ0) is 33.5. The Morgan fingerprint density at radius 3 is 2.00 bits per heavy atom. The summed E-state index contributed by atoms with van der Waals surface area (Å²) in [5.74, 6) is -0.694. The van der Waals surface area contributed by atoms with Crippen molar-refractivity contribution in [2.45, 2.75) is 120 Å². The smallest absolute Gasteiger partial charge is 0.242 e. The van der Waals surface area contributed by atoms with E-state index >= 15 is 0 Å². The van der Waals surface area contributed by atoms with Crippen LogP contribution in [-0.4, -0.2) is 56.0 Å². The summed E-state index contributed by atoms with van der Waals surface area (Å²) in [6.07, 6.45) is 4.80. The first-order chi connectivity index (χ1) is 20.5. The molecule has 44 heavy (non-hydrogen) atoms. The summed E-state index contributed by atoms with van der Waals surface area (Å²) in [5.41, 5.74) is 3.14. The van der Waals surface area contributed by atoms with Crippen molar-refractivity contribution in [1.29, 1.82) is 0 Å². The molecule has 0 aromatic heterocycles. The SMILES string of the molecule is CCCCCC(=O)NCC(C)(C)COCC(C)(C)CNC(=O)[C@@H](CCC(=O)Nc1c(C)cc(C)c(Br)c1C)NC(=O)CCC. The summed E-state index contributed by atoms with van der Waals surface area (Å²) >= 11 is 3.58. The number of nitrogens with one attached hydrogen (secondary N) is 4. The lowest BCUT2D eigenvalue weighted by molar-refractivity contribution is -0.130. The third kappa shape index (κ3) is 15.0. The Labute approximate surface area is 273 Å². The molecular weight excluding hydrogens is 624 g/mol. The lowest BCUT2D eigenvalue weighted by Gasteiger charge is -2.30. The second-order valence-electron chi connectivity index (χ2n) is 13.6. The molecule has 0 saturated heterocycles. The van der Waals surface area contributed by atoms with E-state index in [9.17, 15) is 19.2 Å². The maximum absolute atomic E-state index is 13.2. The average Bonchev–Trinajstić information content (AvgIpc) is 2.94. The van der Waals surface area contributed by atoms with E-state index in [1.807, 2.05) is 61.5 Å². The van der Waals surface area contributed by atoms with Crippen LogP contribution in [0.3, 0.4) is 0 Å². The van der Waals surface area contributed by atoms with Crippen LogP contribution in [-0.2, 0) is 23.9 Å². The number of benzene rings is 1. The monoisotopic (exact) mass is 680 g/mol. The van der Waals surface area contributed by atoms with Gasteiger partial charge in [0.25, 0.3) is 0 Å². The second-order valence-corrected chi connectivity index (χ2v) is 14.3. The standard InChI is InChI=1S/C34H57BrN4O5/c1-10-12-13-15-27(40)36-19-33(6,7)21-44-22-34(8,9)20-37-32(43)26(38-28(41)14-11-2)16-17-29(42)39-31-24(4)18-23(3)30(35)25(31)5/h18,26H,10-17,19-22H2,1-9H3,(H,36,40)(H,37,43)(H,38,41)(H,39,42)/t26-/m1/s1. The van der Waals surface area contributed by atoms with Gasteiger partial charge in [-0.3, -0.25) is 19.2 Å². The summed E-state index contributed by atoms with van der Waals surface area (Å²) in [6, 6.07) is 1.18. The Kier molecular flexibility index (Phi) is 17.2. The Balaban J connectivity index is 2.68. The summed E-state index contributed by atoms with van der Waals surface area (Å²) in [6.45, 7) is 19.7. The van der Waals surface area contributed by atoms with E-state index in [-0.39, 0.29) is 47.3 Å². The van der Waals surface area contributed by atoms with E-state index in [1.54, 1.807) is 0 Å². The number of ether oxygens (including phenoxy) is 1. The van der Waals surface area contributed by atoms with Gasteiger partial charge in [-0.05, 0) is 56.7 Å². The topological polar surface area (TPSA) is 126 Å². The number of halogens is 1. The van der Waals surface area contributed by atoms with Gasteiger partial charge in [-0.25, -0.2) is 0 Å². The zero-order valence-electron chi connectivity index (χ0n) is 28.6. The molecule has 0 unspecified atom stereocenters. The minimum atomic E-state index is -0.830. The summed E-state index contributed by atoms with van der Waals surface area (Å²) in [7, 11) is 0. The Morgan fingerprint density at radius 2 is 1.41 bits per heavy atom. The average molecular weight is 682 g/mol. The van der Waals surface area contributed by atoms with Crippen LogP contribution in [0.25, 0.3) is 0 Å². The van der Waals surface area contributed by atoms with Gasteiger partial charge in [-0.1, -0.05) is 76.4 Å². The number of unbranched alkanes of at least 4 members (excludes halogenated alkanes) is 2. The van der Waals surface area contributed by atoms with Crippen LogP contribution in [0.2, 0.25) is 0 Å². The molecule has 1 aromatic rings.